The van der Waals surface area contributed by atoms with Crippen LogP contribution in [-0.2, 0) is 27.4 Å². The van der Waals surface area contributed by atoms with Crippen LogP contribution in [-0.4, -0.2) is 64.0 Å². The minimum atomic E-state index is -0.604. The zero-order valence-electron chi connectivity index (χ0n) is 16.6. The second-order valence-corrected chi connectivity index (χ2v) is 7.19. The average molecular weight is 410 g/mol. The second-order valence-electron chi connectivity index (χ2n) is 7.19. The molecule has 1 unspecified atom stereocenters. The van der Waals surface area contributed by atoms with Gasteiger partial charge in [-0.1, -0.05) is 18.2 Å². The van der Waals surface area contributed by atoms with E-state index >= 15 is 0 Å². The Morgan fingerprint density at radius 1 is 1.20 bits per heavy atom. The van der Waals surface area contributed by atoms with E-state index in [1.165, 1.54) is 9.47 Å². The molecule has 3 aromatic rings. The van der Waals surface area contributed by atoms with Crippen molar-refractivity contribution in [1.29, 1.82) is 0 Å². The Labute approximate surface area is 172 Å². The van der Waals surface area contributed by atoms with Gasteiger partial charge in [-0.25, -0.2) is 4.79 Å². The molecule has 1 aromatic carbocycles. The summed E-state index contributed by atoms with van der Waals surface area (Å²) in [4.78, 5) is 45.2. The lowest BCUT2D eigenvalue weighted by molar-refractivity contribution is -0.139. The van der Waals surface area contributed by atoms with Crippen molar-refractivity contribution in [1.82, 2.24) is 19.4 Å². The zero-order valence-corrected chi connectivity index (χ0v) is 16.6. The van der Waals surface area contributed by atoms with Crippen molar-refractivity contribution in [2.75, 3.05) is 26.7 Å². The van der Waals surface area contributed by atoms with Gasteiger partial charge in [-0.05, 0) is 23.8 Å². The molecule has 9 nitrogen and oxygen atoms in total. The number of para-hydroxylation sites is 2. The summed E-state index contributed by atoms with van der Waals surface area (Å²) in [6.45, 7) is 0.726. The summed E-state index contributed by atoms with van der Waals surface area (Å²) >= 11 is 0. The number of benzene rings is 1. The quantitative estimate of drug-likeness (QED) is 0.619. The summed E-state index contributed by atoms with van der Waals surface area (Å²) in [7, 11) is 1.56. The summed E-state index contributed by atoms with van der Waals surface area (Å²) in [5.74, 6) is -1.13. The molecule has 30 heavy (non-hydrogen) atoms. The topological polar surface area (TPSA) is 97.9 Å². The number of carbonyl (C=O) groups excluding carboxylic acids is 2. The number of pyridine rings is 1. The van der Waals surface area contributed by atoms with Gasteiger partial charge in [0.05, 0.1) is 18.2 Å². The van der Waals surface area contributed by atoms with E-state index in [-0.39, 0.29) is 37.6 Å². The van der Waals surface area contributed by atoms with Crippen molar-refractivity contribution in [2.45, 2.75) is 19.2 Å². The number of amides is 2. The minimum Gasteiger partial charge on any atom is -0.408 e. The fourth-order valence-electron chi connectivity index (χ4n) is 3.58. The molecule has 1 fully saturated rings. The highest BCUT2D eigenvalue weighted by Crippen LogP contribution is 2.15. The third kappa shape index (κ3) is 4.11. The first-order valence-electron chi connectivity index (χ1n) is 9.61. The van der Waals surface area contributed by atoms with E-state index in [4.69, 9.17) is 9.15 Å². The lowest BCUT2D eigenvalue weighted by atomic mass is 10.2. The summed E-state index contributed by atoms with van der Waals surface area (Å²) in [6.07, 6.45) is 3.04. The van der Waals surface area contributed by atoms with E-state index in [0.29, 0.717) is 24.2 Å². The number of carbonyl (C=O) groups is 2. The van der Waals surface area contributed by atoms with Crippen LogP contribution in [0.3, 0.4) is 0 Å². The number of hydrogen-bond acceptors (Lipinski definition) is 6. The zero-order chi connectivity index (χ0) is 21.1. The minimum absolute atomic E-state index is 0.0799. The lowest BCUT2D eigenvalue weighted by Gasteiger charge is -2.23. The SMILES string of the molecule is COC1CN(C(=O)Cn2c(=O)oc3ccccc32)CC(=O)N(Cc2cccnc2)C1. The molecule has 1 aliphatic heterocycles. The van der Waals surface area contributed by atoms with E-state index in [1.807, 2.05) is 12.1 Å². The number of methoxy groups -OCH3 is 1. The van der Waals surface area contributed by atoms with Crippen molar-refractivity contribution in [3.8, 4) is 0 Å². The summed E-state index contributed by atoms with van der Waals surface area (Å²) < 4.78 is 12.0. The predicted octanol–water partition coefficient (Wildman–Crippen LogP) is 0.875. The number of ether oxygens (including phenoxy) is 1. The van der Waals surface area contributed by atoms with E-state index < -0.39 is 5.76 Å². The van der Waals surface area contributed by atoms with Gasteiger partial charge in [0.2, 0.25) is 11.8 Å². The Hall–Kier alpha value is -3.46. The highest BCUT2D eigenvalue weighted by Gasteiger charge is 2.31. The fraction of sp³-hybridized carbons (Fsp3) is 0.333. The molecule has 4 rings (SSSR count). The molecule has 2 aromatic heterocycles. The number of aromatic nitrogens is 2. The third-order valence-electron chi connectivity index (χ3n) is 5.18. The van der Waals surface area contributed by atoms with Gasteiger partial charge in [0.1, 0.15) is 6.54 Å². The molecule has 1 saturated heterocycles. The number of fused-ring (bicyclic) bond motifs is 1. The van der Waals surface area contributed by atoms with Gasteiger partial charge >= 0.3 is 5.76 Å². The summed E-state index contributed by atoms with van der Waals surface area (Å²) in [5.41, 5.74) is 1.86. The van der Waals surface area contributed by atoms with Gasteiger partial charge in [0.25, 0.3) is 0 Å². The van der Waals surface area contributed by atoms with Crippen LogP contribution in [0.2, 0.25) is 0 Å². The molecule has 0 aliphatic carbocycles. The van der Waals surface area contributed by atoms with Crippen LogP contribution >= 0.6 is 0 Å². The van der Waals surface area contributed by atoms with Crippen LogP contribution in [0.15, 0.2) is 58.0 Å². The Balaban J connectivity index is 1.52. The Bertz CT molecular complexity index is 1110. The Morgan fingerprint density at radius 3 is 2.80 bits per heavy atom. The Kier molecular flexibility index (Phi) is 5.62. The van der Waals surface area contributed by atoms with Gasteiger partial charge in [-0.15, -0.1) is 0 Å². The maximum absolute atomic E-state index is 13.0. The number of rotatable bonds is 5. The van der Waals surface area contributed by atoms with Crippen LogP contribution in [0.4, 0.5) is 0 Å². The van der Waals surface area contributed by atoms with Gasteiger partial charge in [0.15, 0.2) is 5.58 Å². The van der Waals surface area contributed by atoms with Crippen LogP contribution in [0, 0.1) is 0 Å². The second kappa shape index (κ2) is 8.50. The smallest absolute Gasteiger partial charge is 0.408 e. The molecule has 0 radical (unpaired) electrons. The normalized spacial score (nSPS) is 17.4. The van der Waals surface area contributed by atoms with Crippen molar-refractivity contribution < 1.29 is 18.7 Å². The highest BCUT2D eigenvalue weighted by molar-refractivity contribution is 5.86. The number of hydrogen-bond donors (Lipinski definition) is 0. The number of oxazole rings is 1. The first-order chi connectivity index (χ1) is 14.5. The molecule has 0 saturated carbocycles. The van der Waals surface area contributed by atoms with Crippen molar-refractivity contribution in [2.24, 2.45) is 0 Å². The van der Waals surface area contributed by atoms with Crippen LogP contribution in [0.5, 0.6) is 0 Å². The molecule has 1 aliphatic rings. The molecule has 156 valence electrons. The van der Waals surface area contributed by atoms with Crippen LogP contribution in [0.25, 0.3) is 11.1 Å². The lowest BCUT2D eigenvalue weighted by Crippen LogP contribution is -2.42. The highest BCUT2D eigenvalue weighted by atomic mass is 16.5. The van der Waals surface area contributed by atoms with E-state index in [0.717, 1.165) is 5.56 Å². The Morgan fingerprint density at radius 2 is 2.03 bits per heavy atom. The summed E-state index contributed by atoms with van der Waals surface area (Å²) in [5, 5.41) is 0. The monoisotopic (exact) mass is 410 g/mol. The van der Waals surface area contributed by atoms with Crippen molar-refractivity contribution in [3.05, 3.63) is 64.9 Å². The van der Waals surface area contributed by atoms with Crippen molar-refractivity contribution >= 4 is 22.9 Å². The average Bonchev–Trinajstić information content (AvgIpc) is 2.97. The first kappa shape index (κ1) is 19.8. The van der Waals surface area contributed by atoms with Crippen molar-refractivity contribution in [3.63, 3.8) is 0 Å². The fourth-order valence-corrected chi connectivity index (χ4v) is 3.58. The maximum Gasteiger partial charge on any atom is 0.420 e. The van der Waals surface area contributed by atoms with E-state index in [1.54, 1.807) is 48.7 Å². The molecule has 9 heteroatoms. The van der Waals surface area contributed by atoms with Gasteiger partial charge in [-0.3, -0.25) is 19.1 Å². The standard InChI is InChI=1S/C21H22N4O5/c1-29-16-11-23(10-15-5-4-8-22-9-15)19(26)13-24(12-16)20(27)14-25-17-6-2-3-7-18(17)30-21(25)28/h2-9,16H,10-14H2,1H3. The summed E-state index contributed by atoms with van der Waals surface area (Å²) in [6, 6.07) is 10.6. The molecule has 1 atom stereocenters. The molecule has 0 bridgehead atoms. The van der Waals surface area contributed by atoms with Crippen LogP contribution in [0.1, 0.15) is 5.56 Å². The van der Waals surface area contributed by atoms with Crippen LogP contribution < -0.4 is 5.76 Å². The molecule has 3 heterocycles. The van der Waals surface area contributed by atoms with Gasteiger partial charge in [-0.2, -0.15) is 0 Å². The molecule has 0 N–H and O–H groups in total. The van der Waals surface area contributed by atoms with Gasteiger partial charge < -0.3 is 19.0 Å². The molecular formula is C21H22N4O5. The number of nitrogens with zero attached hydrogens (tertiary/aromatic N) is 4. The largest absolute Gasteiger partial charge is 0.420 e. The molecule has 0 spiro atoms. The molecular weight excluding hydrogens is 388 g/mol. The van der Waals surface area contributed by atoms with E-state index in [2.05, 4.69) is 4.98 Å². The third-order valence-corrected chi connectivity index (χ3v) is 5.18. The first-order valence-corrected chi connectivity index (χ1v) is 9.61. The predicted molar refractivity (Wildman–Crippen MR) is 108 cm³/mol. The maximum atomic E-state index is 13.0. The van der Waals surface area contributed by atoms with Gasteiger partial charge in [0, 0.05) is 39.1 Å². The van der Waals surface area contributed by atoms with E-state index in [9.17, 15) is 14.4 Å². The molecule has 2 amide bonds.